The molecule has 3 nitrogen and oxygen atoms in total. The fraction of sp³-hybridized carbons (Fsp3) is 0.455. The van der Waals surface area contributed by atoms with Crippen LogP contribution in [0.3, 0.4) is 0 Å². The zero-order valence-corrected chi connectivity index (χ0v) is 8.78. The molecule has 0 bridgehead atoms. The number of nitrogens with zero attached hydrogens (tertiary/aromatic N) is 1. The molecular weight excluding hydrogens is 178 g/mol. The molecule has 0 spiro atoms. The van der Waals surface area contributed by atoms with Gasteiger partial charge in [0.1, 0.15) is 6.61 Å². The third-order valence-electron chi connectivity index (χ3n) is 1.99. The van der Waals surface area contributed by atoms with E-state index in [1.165, 1.54) is 6.92 Å². The molecule has 0 radical (unpaired) electrons. The summed E-state index contributed by atoms with van der Waals surface area (Å²) in [7, 11) is 0. The van der Waals surface area contributed by atoms with Crippen LogP contribution < -0.4 is 0 Å². The molecule has 0 aliphatic carbocycles. The molecule has 0 atom stereocenters. The third-order valence-corrected chi connectivity index (χ3v) is 1.99. The molecule has 0 aromatic carbocycles. The van der Waals surface area contributed by atoms with E-state index in [2.05, 4.69) is 4.98 Å². The van der Waals surface area contributed by atoms with Crippen molar-refractivity contribution in [1.29, 1.82) is 0 Å². The van der Waals surface area contributed by atoms with Crippen LogP contribution in [-0.4, -0.2) is 17.6 Å². The number of hydrogen-bond acceptors (Lipinski definition) is 3. The van der Waals surface area contributed by atoms with Crippen molar-refractivity contribution in [3.63, 3.8) is 0 Å². The first-order valence-electron chi connectivity index (χ1n) is 4.57. The normalized spacial score (nSPS) is 11.1. The van der Waals surface area contributed by atoms with Crippen LogP contribution in [-0.2, 0) is 14.9 Å². The van der Waals surface area contributed by atoms with Crippen molar-refractivity contribution in [2.75, 3.05) is 6.61 Å². The maximum absolute atomic E-state index is 10.7. The van der Waals surface area contributed by atoms with E-state index >= 15 is 0 Å². The molecule has 0 N–H and O–H groups in total. The molecule has 0 saturated carbocycles. The summed E-state index contributed by atoms with van der Waals surface area (Å²) in [6.45, 7) is 5.77. The first-order valence-corrected chi connectivity index (χ1v) is 4.57. The van der Waals surface area contributed by atoms with Gasteiger partial charge < -0.3 is 4.74 Å². The average molecular weight is 193 g/mol. The van der Waals surface area contributed by atoms with E-state index in [-0.39, 0.29) is 11.4 Å². The molecular formula is C11H15NO2. The van der Waals surface area contributed by atoms with Crippen molar-refractivity contribution in [2.45, 2.75) is 26.2 Å². The number of carbonyl (C=O) groups is 1. The highest BCUT2D eigenvalue weighted by molar-refractivity contribution is 5.66. The Bertz CT molecular complexity index is 306. The Kier molecular flexibility index (Phi) is 3.23. The van der Waals surface area contributed by atoms with E-state index in [0.29, 0.717) is 6.61 Å². The van der Waals surface area contributed by atoms with E-state index < -0.39 is 0 Å². The van der Waals surface area contributed by atoms with Crippen molar-refractivity contribution in [1.82, 2.24) is 4.98 Å². The predicted molar refractivity (Wildman–Crippen MR) is 53.9 cm³/mol. The van der Waals surface area contributed by atoms with Gasteiger partial charge in [0.25, 0.3) is 0 Å². The van der Waals surface area contributed by atoms with Crippen LogP contribution in [0.4, 0.5) is 0 Å². The summed E-state index contributed by atoms with van der Waals surface area (Å²) >= 11 is 0. The zero-order valence-electron chi connectivity index (χ0n) is 8.78. The summed E-state index contributed by atoms with van der Waals surface area (Å²) < 4.78 is 4.98. The van der Waals surface area contributed by atoms with Gasteiger partial charge in [0.2, 0.25) is 0 Å². The summed E-state index contributed by atoms with van der Waals surface area (Å²) in [5.74, 6) is -0.256. The molecule has 3 heteroatoms. The number of carbonyl (C=O) groups excluding carboxylic acids is 1. The molecule has 1 rings (SSSR count). The number of aromatic nitrogens is 1. The molecule has 0 aliphatic heterocycles. The Morgan fingerprint density at radius 3 is 2.71 bits per heavy atom. The average Bonchev–Trinajstić information content (AvgIpc) is 2.16. The van der Waals surface area contributed by atoms with Crippen LogP contribution in [0.15, 0.2) is 24.4 Å². The minimum Gasteiger partial charge on any atom is -0.465 e. The summed E-state index contributed by atoms with van der Waals surface area (Å²) in [4.78, 5) is 14.9. The van der Waals surface area contributed by atoms with Crippen LogP contribution in [0.25, 0.3) is 0 Å². The Morgan fingerprint density at radius 1 is 1.50 bits per heavy atom. The molecule has 76 valence electrons. The SMILES string of the molecule is CC(=O)OCC(C)(C)c1ccccn1. The predicted octanol–water partition coefficient (Wildman–Crippen LogP) is 1.92. The monoisotopic (exact) mass is 193 g/mol. The number of hydrogen-bond donors (Lipinski definition) is 0. The lowest BCUT2D eigenvalue weighted by Crippen LogP contribution is -2.26. The van der Waals surface area contributed by atoms with Gasteiger partial charge in [0.15, 0.2) is 0 Å². The van der Waals surface area contributed by atoms with Gasteiger partial charge >= 0.3 is 5.97 Å². The number of esters is 1. The largest absolute Gasteiger partial charge is 0.465 e. The maximum atomic E-state index is 10.7. The maximum Gasteiger partial charge on any atom is 0.302 e. The fourth-order valence-electron chi connectivity index (χ4n) is 1.12. The highest BCUT2D eigenvalue weighted by Gasteiger charge is 2.23. The van der Waals surface area contributed by atoms with E-state index in [1.807, 2.05) is 32.0 Å². The van der Waals surface area contributed by atoms with E-state index in [4.69, 9.17) is 4.74 Å². The van der Waals surface area contributed by atoms with Crippen LogP contribution >= 0.6 is 0 Å². The number of pyridine rings is 1. The highest BCUT2D eigenvalue weighted by Crippen LogP contribution is 2.20. The van der Waals surface area contributed by atoms with Gasteiger partial charge in [-0.2, -0.15) is 0 Å². The molecule has 0 aliphatic rings. The molecule has 1 heterocycles. The van der Waals surface area contributed by atoms with Crippen LogP contribution in [0.2, 0.25) is 0 Å². The standard InChI is InChI=1S/C11H15NO2/c1-9(13)14-8-11(2,3)10-6-4-5-7-12-10/h4-7H,8H2,1-3H3. The van der Waals surface area contributed by atoms with Gasteiger partial charge in [-0.25, -0.2) is 0 Å². The Labute approximate surface area is 84.1 Å². The zero-order chi connectivity index (χ0) is 10.6. The lowest BCUT2D eigenvalue weighted by molar-refractivity contribution is -0.142. The second-order valence-electron chi connectivity index (χ2n) is 3.88. The lowest BCUT2D eigenvalue weighted by Gasteiger charge is -2.22. The van der Waals surface area contributed by atoms with Gasteiger partial charge in [-0.15, -0.1) is 0 Å². The second kappa shape index (κ2) is 4.22. The van der Waals surface area contributed by atoms with Gasteiger partial charge in [-0.3, -0.25) is 9.78 Å². The Hall–Kier alpha value is -1.38. The highest BCUT2D eigenvalue weighted by atomic mass is 16.5. The quantitative estimate of drug-likeness (QED) is 0.688. The Balaban J connectivity index is 2.70. The van der Waals surface area contributed by atoms with E-state index in [9.17, 15) is 4.79 Å². The topological polar surface area (TPSA) is 39.2 Å². The molecule has 0 saturated heterocycles. The molecule has 0 fully saturated rings. The summed E-state index contributed by atoms with van der Waals surface area (Å²) in [5, 5.41) is 0. The smallest absolute Gasteiger partial charge is 0.302 e. The minimum absolute atomic E-state index is 0.229. The molecule has 1 aromatic rings. The number of ether oxygens (including phenoxy) is 1. The summed E-state index contributed by atoms with van der Waals surface area (Å²) in [6.07, 6.45) is 1.74. The van der Waals surface area contributed by atoms with Gasteiger partial charge in [-0.1, -0.05) is 19.9 Å². The van der Waals surface area contributed by atoms with E-state index in [1.54, 1.807) is 6.20 Å². The minimum atomic E-state index is -0.256. The van der Waals surface area contributed by atoms with E-state index in [0.717, 1.165) is 5.69 Å². The number of rotatable bonds is 3. The van der Waals surface area contributed by atoms with Crippen LogP contribution in [0, 0.1) is 0 Å². The second-order valence-corrected chi connectivity index (χ2v) is 3.88. The van der Waals surface area contributed by atoms with Crippen molar-refractivity contribution in [2.24, 2.45) is 0 Å². The fourth-order valence-corrected chi connectivity index (χ4v) is 1.12. The molecule has 0 unspecified atom stereocenters. The first-order chi connectivity index (χ1) is 6.52. The lowest BCUT2D eigenvalue weighted by atomic mass is 9.90. The first kappa shape index (κ1) is 10.7. The summed E-state index contributed by atoms with van der Waals surface area (Å²) in [6, 6.07) is 5.73. The Morgan fingerprint density at radius 2 is 2.21 bits per heavy atom. The molecule has 1 aromatic heterocycles. The van der Waals surface area contributed by atoms with Gasteiger partial charge in [0, 0.05) is 24.2 Å². The summed E-state index contributed by atoms with van der Waals surface area (Å²) in [5.41, 5.74) is 0.702. The van der Waals surface area contributed by atoms with Crippen LogP contribution in [0.5, 0.6) is 0 Å². The van der Waals surface area contributed by atoms with Crippen molar-refractivity contribution < 1.29 is 9.53 Å². The van der Waals surface area contributed by atoms with Crippen LogP contribution in [0.1, 0.15) is 26.5 Å². The third kappa shape index (κ3) is 2.83. The van der Waals surface area contributed by atoms with Crippen molar-refractivity contribution in [3.8, 4) is 0 Å². The van der Waals surface area contributed by atoms with Gasteiger partial charge in [0.05, 0.1) is 0 Å². The van der Waals surface area contributed by atoms with Crippen molar-refractivity contribution >= 4 is 5.97 Å². The van der Waals surface area contributed by atoms with Crippen molar-refractivity contribution in [3.05, 3.63) is 30.1 Å². The van der Waals surface area contributed by atoms with Gasteiger partial charge in [-0.05, 0) is 12.1 Å². The molecule has 14 heavy (non-hydrogen) atoms. The molecule has 0 amide bonds.